The maximum Gasteiger partial charge on any atom is 0.134 e. The van der Waals surface area contributed by atoms with Crippen LogP contribution < -0.4 is 5.73 Å². The molecule has 0 radical (unpaired) electrons. The maximum atomic E-state index is 6.25. The van der Waals surface area contributed by atoms with Crippen LogP contribution in [0.5, 0.6) is 0 Å². The van der Waals surface area contributed by atoms with Gasteiger partial charge in [-0.2, -0.15) is 0 Å². The fourth-order valence-electron chi connectivity index (χ4n) is 2.27. The summed E-state index contributed by atoms with van der Waals surface area (Å²) in [5, 5.41) is 0. The molecule has 5 heteroatoms. The Kier molecular flexibility index (Phi) is 3.84. The Hall–Kier alpha value is -2.22. The van der Waals surface area contributed by atoms with Gasteiger partial charge in [0.2, 0.25) is 0 Å². The van der Waals surface area contributed by atoms with E-state index in [1.54, 1.807) is 12.5 Å². The van der Waals surface area contributed by atoms with E-state index in [-0.39, 0.29) is 5.92 Å². The number of terminal acetylenes is 1. The smallest absolute Gasteiger partial charge is 0.134 e. The van der Waals surface area contributed by atoms with Crippen LogP contribution in [0.3, 0.4) is 0 Å². The molecule has 20 heavy (non-hydrogen) atoms. The number of nitrogens with two attached hydrogens (primary N) is 1. The lowest BCUT2D eigenvalue weighted by Crippen LogP contribution is -2.07. The SMILES string of the molecule is C#CCn1c(C(C)C)nc(-c2cncn2C(C)C)c1N. The normalized spacial score (nSPS) is 11.2. The second kappa shape index (κ2) is 5.41. The van der Waals surface area contributed by atoms with Gasteiger partial charge >= 0.3 is 0 Å². The Bertz CT molecular complexity index is 640. The Balaban J connectivity index is 2.61. The van der Waals surface area contributed by atoms with E-state index in [0.29, 0.717) is 18.4 Å². The van der Waals surface area contributed by atoms with Gasteiger partial charge in [0.15, 0.2) is 0 Å². The van der Waals surface area contributed by atoms with E-state index in [2.05, 4.69) is 43.2 Å². The largest absolute Gasteiger partial charge is 0.383 e. The lowest BCUT2D eigenvalue weighted by molar-refractivity contribution is 0.604. The average molecular weight is 271 g/mol. The number of imidazole rings is 2. The maximum absolute atomic E-state index is 6.25. The van der Waals surface area contributed by atoms with Crippen molar-refractivity contribution in [2.75, 3.05) is 5.73 Å². The molecule has 2 heterocycles. The molecular formula is C15H21N5. The third-order valence-electron chi connectivity index (χ3n) is 3.27. The first-order valence-corrected chi connectivity index (χ1v) is 6.78. The van der Waals surface area contributed by atoms with Crippen LogP contribution in [0.2, 0.25) is 0 Å². The predicted octanol–water partition coefficient (Wildman–Crippen LogP) is 2.67. The Morgan fingerprint density at radius 1 is 1.35 bits per heavy atom. The second-order valence-electron chi connectivity index (χ2n) is 5.43. The average Bonchev–Trinajstić information content (AvgIpc) is 2.96. The minimum Gasteiger partial charge on any atom is -0.383 e. The van der Waals surface area contributed by atoms with E-state index < -0.39 is 0 Å². The number of nitrogen functional groups attached to an aromatic ring is 1. The Morgan fingerprint density at radius 3 is 2.60 bits per heavy atom. The van der Waals surface area contributed by atoms with Gasteiger partial charge in [-0.15, -0.1) is 6.42 Å². The molecule has 0 unspecified atom stereocenters. The van der Waals surface area contributed by atoms with Crippen molar-refractivity contribution in [3.05, 3.63) is 18.3 Å². The number of hydrogen-bond acceptors (Lipinski definition) is 3. The number of hydrogen-bond donors (Lipinski definition) is 1. The zero-order chi connectivity index (χ0) is 14.9. The molecule has 0 aliphatic rings. The summed E-state index contributed by atoms with van der Waals surface area (Å²) < 4.78 is 3.96. The molecule has 0 aliphatic heterocycles. The van der Waals surface area contributed by atoms with Crippen molar-refractivity contribution in [1.82, 2.24) is 19.1 Å². The van der Waals surface area contributed by atoms with Gasteiger partial charge in [-0.1, -0.05) is 19.8 Å². The molecule has 5 nitrogen and oxygen atoms in total. The first kappa shape index (κ1) is 14.2. The second-order valence-corrected chi connectivity index (χ2v) is 5.43. The molecule has 0 bridgehead atoms. The molecule has 2 aromatic rings. The van der Waals surface area contributed by atoms with Crippen molar-refractivity contribution >= 4 is 5.82 Å². The Morgan fingerprint density at radius 2 is 2.05 bits per heavy atom. The van der Waals surface area contributed by atoms with E-state index in [9.17, 15) is 0 Å². The van der Waals surface area contributed by atoms with Crippen molar-refractivity contribution in [1.29, 1.82) is 0 Å². The van der Waals surface area contributed by atoms with Gasteiger partial charge < -0.3 is 14.9 Å². The number of nitrogens with zero attached hydrogens (tertiary/aromatic N) is 4. The summed E-state index contributed by atoms with van der Waals surface area (Å²) >= 11 is 0. The summed E-state index contributed by atoms with van der Waals surface area (Å²) in [5.41, 5.74) is 7.94. The van der Waals surface area contributed by atoms with Gasteiger partial charge in [0.05, 0.1) is 24.8 Å². The summed E-state index contributed by atoms with van der Waals surface area (Å²) in [6.45, 7) is 8.80. The minimum atomic E-state index is 0.259. The van der Waals surface area contributed by atoms with Gasteiger partial charge in [-0.3, -0.25) is 0 Å². The topological polar surface area (TPSA) is 61.7 Å². The summed E-state index contributed by atoms with van der Waals surface area (Å²) in [4.78, 5) is 8.90. The van der Waals surface area contributed by atoms with Crippen molar-refractivity contribution in [3.63, 3.8) is 0 Å². The highest BCUT2D eigenvalue weighted by molar-refractivity contribution is 5.68. The van der Waals surface area contributed by atoms with Crippen LogP contribution >= 0.6 is 0 Å². The standard InChI is InChI=1S/C15H21N5/c1-6-7-19-14(16)13(18-15(19)10(2)3)12-8-17-9-20(12)11(4)5/h1,8-11H,7,16H2,2-5H3. The van der Waals surface area contributed by atoms with Gasteiger partial charge in [0.25, 0.3) is 0 Å². The monoisotopic (exact) mass is 271 g/mol. The molecule has 0 spiro atoms. The number of rotatable bonds is 4. The van der Waals surface area contributed by atoms with Crippen LogP contribution in [0, 0.1) is 12.3 Å². The third kappa shape index (κ3) is 2.29. The molecule has 2 N–H and O–H groups in total. The molecule has 0 fully saturated rings. The van der Waals surface area contributed by atoms with Gasteiger partial charge in [-0.05, 0) is 13.8 Å². The van der Waals surface area contributed by atoms with Crippen LogP contribution in [0.25, 0.3) is 11.4 Å². The molecule has 0 aromatic carbocycles. The predicted molar refractivity (Wildman–Crippen MR) is 81.2 cm³/mol. The Labute approximate surface area is 119 Å². The van der Waals surface area contributed by atoms with E-state index in [1.165, 1.54) is 0 Å². The van der Waals surface area contributed by atoms with Crippen molar-refractivity contribution in [3.8, 4) is 23.7 Å². The van der Waals surface area contributed by atoms with Crippen molar-refractivity contribution < 1.29 is 0 Å². The third-order valence-corrected chi connectivity index (χ3v) is 3.27. The lowest BCUT2D eigenvalue weighted by Gasteiger charge is -2.10. The minimum absolute atomic E-state index is 0.259. The fraction of sp³-hybridized carbons (Fsp3) is 0.467. The molecule has 106 valence electrons. The molecule has 0 atom stereocenters. The number of aromatic nitrogens is 4. The van der Waals surface area contributed by atoms with E-state index in [0.717, 1.165) is 17.2 Å². The molecular weight excluding hydrogens is 250 g/mol. The van der Waals surface area contributed by atoms with Crippen molar-refractivity contribution in [2.45, 2.75) is 46.2 Å². The van der Waals surface area contributed by atoms with Crippen LogP contribution in [0.15, 0.2) is 12.5 Å². The summed E-state index contributed by atoms with van der Waals surface area (Å²) in [6.07, 6.45) is 9.03. The molecule has 0 amide bonds. The van der Waals surface area contributed by atoms with Crippen LogP contribution in [-0.4, -0.2) is 19.1 Å². The fourth-order valence-corrected chi connectivity index (χ4v) is 2.27. The van der Waals surface area contributed by atoms with Gasteiger partial charge in [0, 0.05) is 12.0 Å². The van der Waals surface area contributed by atoms with Crippen LogP contribution in [-0.2, 0) is 6.54 Å². The summed E-state index contributed by atoms with van der Waals surface area (Å²) in [6, 6.07) is 0.298. The summed E-state index contributed by atoms with van der Waals surface area (Å²) in [5.74, 6) is 4.41. The zero-order valence-corrected chi connectivity index (χ0v) is 12.5. The van der Waals surface area contributed by atoms with Crippen LogP contribution in [0.1, 0.15) is 45.5 Å². The molecule has 0 saturated carbocycles. The van der Waals surface area contributed by atoms with Crippen molar-refractivity contribution in [2.24, 2.45) is 0 Å². The first-order valence-electron chi connectivity index (χ1n) is 6.78. The number of anilines is 1. The highest BCUT2D eigenvalue weighted by Crippen LogP contribution is 2.30. The van der Waals surface area contributed by atoms with Crippen LogP contribution in [0.4, 0.5) is 5.82 Å². The molecule has 0 saturated heterocycles. The van der Waals surface area contributed by atoms with Gasteiger partial charge in [0.1, 0.15) is 17.3 Å². The zero-order valence-electron chi connectivity index (χ0n) is 12.5. The molecule has 0 aliphatic carbocycles. The van der Waals surface area contributed by atoms with E-state index in [4.69, 9.17) is 17.1 Å². The van der Waals surface area contributed by atoms with E-state index >= 15 is 0 Å². The lowest BCUT2D eigenvalue weighted by atomic mass is 10.2. The molecule has 2 aromatic heterocycles. The quantitative estimate of drug-likeness (QED) is 0.870. The highest BCUT2D eigenvalue weighted by atomic mass is 15.2. The molecule has 2 rings (SSSR count). The first-order chi connectivity index (χ1) is 9.47. The van der Waals surface area contributed by atoms with E-state index in [1.807, 2.05) is 4.57 Å². The highest BCUT2D eigenvalue weighted by Gasteiger charge is 2.20. The van der Waals surface area contributed by atoms with Gasteiger partial charge in [-0.25, -0.2) is 9.97 Å². The summed E-state index contributed by atoms with van der Waals surface area (Å²) in [7, 11) is 0.